The van der Waals surface area contributed by atoms with Crippen LogP contribution in [0.25, 0.3) is 11.4 Å². The van der Waals surface area contributed by atoms with E-state index < -0.39 is 26.5 Å². The molecule has 1 aliphatic carbocycles. The average Bonchev–Trinajstić information content (AvgIpc) is 3.81. The molecule has 1 N–H and O–H groups in total. The molecule has 0 unspecified atom stereocenters. The van der Waals surface area contributed by atoms with E-state index in [-0.39, 0.29) is 10.9 Å². The molecule has 1 saturated carbocycles. The molecule has 2 aliphatic rings. The smallest absolute Gasteiger partial charge is 0.410 e. The van der Waals surface area contributed by atoms with E-state index in [0.29, 0.717) is 72.5 Å². The van der Waals surface area contributed by atoms with Crippen molar-refractivity contribution >= 4 is 27.4 Å². The van der Waals surface area contributed by atoms with Gasteiger partial charge in [-0.05, 0) is 86.8 Å². The zero-order valence-electron chi connectivity index (χ0n) is 23.8. The summed E-state index contributed by atoms with van der Waals surface area (Å²) in [6.07, 6.45) is 0.165. The number of sulfone groups is 1. The van der Waals surface area contributed by atoms with Crippen LogP contribution in [0.1, 0.15) is 31.0 Å². The Morgan fingerprint density at radius 3 is 2.47 bits per heavy atom. The lowest BCUT2D eigenvalue weighted by Crippen LogP contribution is -2.44. The fourth-order valence-electron chi connectivity index (χ4n) is 5.35. The van der Waals surface area contributed by atoms with E-state index >= 15 is 0 Å². The van der Waals surface area contributed by atoms with Crippen molar-refractivity contribution in [1.29, 1.82) is 0 Å². The predicted octanol–water partition coefficient (Wildman–Crippen LogP) is 5.89. The van der Waals surface area contributed by atoms with Gasteiger partial charge in [0.2, 0.25) is 0 Å². The molecule has 6 rings (SSSR count). The number of aryl methyl sites for hydroxylation is 1. The predicted molar refractivity (Wildman–Crippen MR) is 160 cm³/mol. The summed E-state index contributed by atoms with van der Waals surface area (Å²) >= 11 is 0. The van der Waals surface area contributed by atoms with Crippen LogP contribution in [-0.4, -0.2) is 50.3 Å². The number of nitrogens with one attached hydrogen (secondary N) is 1. The van der Waals surface area contributed by atoms with Crippen molar-refractivity contribution in [2.24, 2.45) is 0 Å². The van der Waals surface area contributed by atoms with Crippen molar-refractivity contribution in [2.45, 2.75) is 42.4 Å². The highest BCUT2D eigenvalue weighted by Crippen LogP contribution is 2.55. The van der Waals surface area contributed by atoms with Gasteiger partial charge in [-0.1, -0.05) is 18.2 Å². The van der Waals surface area contributed by atoms with E-state index in [2.05, 4.69) is 10.2 Å². The summed E-state index contributed by atoms with van der Waals surface area (Å²) in [5, 5.41) is 2.70. The number of nitrogens with zero attached hydrogens (tertiary/aromatic N) is 3. The highest BCUT2D eigenvalue weighted by Gasteiger charge is 2.58. The first-order valence-electron chi connectivity index (χ1n) is 14.1. The Balaban J connectivity index is 1.35. The van der Waals surface area contributed by atoms with Crippen molar-refractivity contribution in [3.8, 4) is 17.1 Å². The number of para-hydroxylation sites is 1. The molecule has 0 bridgehead atoms. The lowest BCUT2D eigenvalue weighted by molar-refractivity contribution is 0.0985. The van der Waals surface area contributed by atoms with Crippen LogP contribution in [0.15, 0.2) is 83.8 Å². The summed E-state index contributed by atoms with van der Waals surface area (Å²) in [6, 6.07) is 21.2. The van der Waals surface area contributed by atoms with Crippen molar-refractivity contribution < 1.29 is 27.1 Å². The van der Waals surface area contributed by atoms with E-state index in [1.165, 1.54) is 18.2 Å². The minimum absolute atomic E-state index is 0.0256. The zero-order chi connectivity index (χ0) is 30.2. The lowest BCUT2D eigenvalue weighted by Gasteiger charge is -2.34. The molecule has 2 heterocycles. The number of hydrogen-bond donors (Lipinski definition) is 1. The number of carbonyl (C=O) groups excluding carboxylic acids is 1. The number of anilines is 2. The Kier molecular flexibility index (Phi) is 7.61. The number of halogens is 1. The van der Waals surface area contributed by atoms with Gasteiger partial charge in [-0.2, -0.15) is 0 Å². The van der Waals surface area contributed by atoms with Crippen molar-refractivity contribution in [1.82, 2.24) is 9.97 Å². The molecule has 1 atom stereocenters. The third-order valence-electron chi connectivity index (χ3n) is 7.83. The number of amides is 1. The normalized spacial score (nSPS) is 17.7. The first-order chi connectivity index (χ1) is 20.7. The van der Waals surface area contributed by atoms with Crippen LogP contribution in [0.4, 0.5) is 20.7 Å². The van der Waals surface area contributed by atoms with Crippen LogP contribution in [0.3, 0.4) is 0 Å². The van der Waals surface area contributed by atoms with Gasteiger partial charge in [-0.3, -0.25) is 5.32 Å². The molecule has 1 aromatic heterocycles. The Morgan fingerprint density at radius 2 is 1.79 bits per heavy atom. The molecule has 9 nitrogen and oxygen atoms in total. The zero-order valence-corrected chi connectivity index (χ0v) is 24.6. The largest absolute Gasteiger partial charge is 0.417 e. The van der Waals surface area contributed by atoms with E-state index in [4.69, 9.17) is 19.4 Å². The van der Waals surface area contributed by atoms with Gasteiger partial charge >= 0.3 is 6.09 Å². The second-order valence-corrected chi connectivity index (χ2v) is 13.1. The van der Waals surface area contributed by atoms with Crippen LogP contribution in [0, 0.1) is 12.7 Å². The monoisotopic (exact) mass is 602 g/mol. The molecule has 1 saturated heterocycles. The van der Waals surface area contributed by atoms with E-state index in [9.17, 15) is 17.6 Å². The van der Waals surface area contributed by atoms with Crippen LogP contribution < -0.4 is 15.0 Å². The van der Waals surface area contributed by atoms with Crippen molar-refractivity contribution in [3.63, 3.8) is 0 Å². The van der Waals surface area contributed by atoms with E-state index in [0.717, 1.165) is 0 Å². The van der Waals surface area contributed by atoms with Gasteiger partial charge < -0.3 is 14.4 Å². The van der Waals surface area contributed by atoms with Gasteiger partial charge in [-0.25, -0.2) is 27.6 Å². The Bertz CT molecular complexity index is 1760. The van der Waals surface area contributed by atoms with Gasteiger partial charge in [0, 0.05) is 23.9 Å². The van der Waals surface area contributed by atoms with E-state index in [1.54, 1.807) is 61.5 Å². The molecule has 11 heteroatoms. The summed E-state index contributed by atoms with van der Waals surface area (Å²) in [7, 11) is -3.90. The summed E-state index contributed by atoms with van der Waals surface area (Å²) < 4.78 is 51.6. The first kappa shape index (κ1) is 28.8. The number of morpholine rings is 1. The Morgan fingerprint density at radius 1 is 1.05 bits per heavy atom. The Hall–Kier alpha value is -4.35. The quantitative estimate of drug-likeness (QED) is 0.261. The summed E-state index contributed by atoms with van der Waals surface area (Å²) in [6.45, 7) is 5.27. The number of hydrogen-bond acceptors (Lipinski definition) is 8. The minimum Gasteiger partial charge on any atom is -0.410 e. The van der Waals surface area contributed by atoms with E-state index in [1.807, 2.05) is 13.0 Å². The minimum atomic E-state index is -3.90. The highest BCUT2D eigenvalue weighted by molar-refractivity contribution is 7.92. The van der Waals surface area contributed by atoms with Crippen LogP contribution in [-0.2, 0) is 19.3 Å². The number of benzene rings is 3. The molecule has 3 aromatic carbocycles. The fourth-order valence-corrected chi connectivity index (χ4v) is 7.52. The van der Waals surface area contributed by atoms with Gasteiger partial charge in [0.1, 0.15) is 22.1 Å². The molecule has 1 amide bonds. The maximum Gasteiger partial charge on any atom is 0.417 e. The summed E-state index contributed by atoms with van der Waals surface area (Å²) in [5.41, 5.74) is 1.92. The van der Waals surface area contributed by atoms with Crippen molar-refractivity contribution in [3.05, 3.63) is 95.9 Å². The molecule has 4 aromatic rings. The van der Waals surface area contributed by atoms with Crippen LogP contribution in [0.5, 0.6) is 5.75 Å². The average molecular weight is 603 g/mol. The third-order valence-corrected chi connectivity index (χ3v) is 10.5. The second-order valence-electron chi connectivity index (χ2n) is 10.9. The fraction of sp³-hybridized carbons (Fsp3) is 0.281. The summed E-state index contributed by atoms with van der Waals surface area (Å²) in [4.78, 5) is 24.2. The molecule has 2 fully saturated rings. The third kappa shape index (κ3) is 5.70. The second kappa shape index (κ2) is 11.4. The highest BCUT2D eigenvalue weighted by atomic mass is 32.2. The molecule has 0 radical (unpaired) electrons. The molecule has 222 valence electrons. The van der Waals surface area contributed by atoms with Gasteiger partial charge in [0.15, 0.2) is 15.7 Å². The van der Waals surface area contributed by atoms with Gasteiger partial charge in [0.05, 0.1) is 29.8 Å². The Labute approximate surface area is 249 Å². The molecule has 43 heavy (non-hydrogen) atoms. The number of aromatic nitrogens is 2. The molecular weight excluding hydrogens is 571 g/mol. The SMILES string of the molecule is Cc1cc(F)ccc1S(=O)(=O)C1(c2cc(N3CCOC[C@@H]3C)nc(-c3ccc(NC(=O)Oc4ccccc4)cc3)n2)CC1. The number of carbonyl (C=O) groups is 1. The maximum absolute atomic E-state index is 14.1. The number of ether oxygens (including phenoxy) is 2. The molecule has 0 spiro atoms. The summed E-state index contributed by atoms with van der Waals surface area (Å²) in [5.74, 6) is 0.913. The van der Waals surface area contributed by atoms with Crippen LogP contribution in [0.2, 0.25) is 0 Å². The molecular formula is C32H31FN4O5S. The van der Waals surface area contributed by atoms with Gasteiger partial charge in [-0.15, -0.1) is 0 Å². The topological polar surface area (TPSA) is 111 Å². The maximum atomic E-state index is 14.1. The lowest BCUT2D eigenvalue weighted by atomic mass is 10.1. The van der Waals surface area contributed by atoms with Crippen LogP contribution >= 0.6 is 0 Å². The molecule has 1 aliphatic heterocycles. The van der Waals surface area contributed by atoms with Gasteiger partial charge in [0.25, 0.3) is 0 Å². The number of rotatable bonds is 7. The van der Waals surface area contributed by atoms with Crippen molar-refractivity contribution in [2.75, 3.05) is 30.0 Å². The standard InChI is InChI=1S/C32H31FN4O5S/c1-21-18-24(33)10-13-27(21)43(39,40)32(14-15-32)28-19-29(37-16-17-41-20-22(37)2)36-30(35-28)23-8-11-25(12-9-23)34-31(38)42-26-6-4-3-5-7-26/h3-13,18-19,22H,14-17,20H2,1-2H3,(H,34,38)/t22-/m0/s1. The first-order valence-corrected chi connectivity index (χ1v) is 15.5.